The van der Waals surface area contributed by atoms with E-state index in [1.54, 1.807) is 17.1 Å². The molecule has 2 rings (SSSR count). The first-order valence-electron chi connectivity index (χ1n) is 4.44. The Labute approximate surface area is 101 Å². The molecule has 2 aromatic rings. The van der Waals surface area contributed by atoms with Gasteiger partial charge in [-0.25, -0.2) is 0 Å². The van der Waals surface area contributed by atoms with Crippen molar-refractivity contribution in [2.75, 3.05) is 0 Å². The zero-order chi connectivity index (χ0) is 11.5. The van der Waals surface area contributed by atoms with Gasteiger partial charge >= 0.3 is 6.01 Å². The predicted molar refractivity (Wildman–Crippen MR) is 57.8 cm³/mol. The van der Waals surface area contributed by atoms with E-state index in [0.29, 0.717) is 5.75 Å². The molecular weight excluding hydrogens is 253 g/mol. The molecule has 0 unspecified atom stereocenters. The molecule has 84 valence electrons. The van der Waals surface area contributed by atoms with Crippen LogP contribution in [0.5, 0.6) is 11.8 Å². The molecule has 0 bridgehead atoms. The van der Waals surface area contributed by atoms with Crippen molar-refractivity contribution in [3.8, 4) is 11.8 Å². The summed E-state index contributed by atoms with van der Waals surface area (Å²) >= 11 is 11.2. The highest BCUT2D eigenvalue weighted by atomic mass is 35.5. The van der Waals surface area contributed by atoms with Crippen molar-refractivity contribution in [3.05, 3.63) is 23.0 Å². The maximum absolute atomic E-state index is 5.60. The van der Waals surface area contributed by atoms with Gasteiger partial charge in [0.15, 0.2) is 5.75 Å². The Morgan fingerprint density at radius 2 is 1.94 bits per heavy atom. The van der Waals surface area contributed by atoms with Crippen LogP contribution in [0.25, 0.3) is 0 Å². The smallest absolute Gasteiger partial charge is 0.327 e. The second kappa shape index (κ2) is 4.63. The quantitative estimate of drug-likeness (QED) is 0.846. The summed E-state index contributed by atoms with van der Waals surface area (Å²) in [5.41, 5.74) is 0. The topological polar surface area (TPSA) is 65.7 Å². The van der Waals surface area contributed by atoms with Crippen molar-refractivity contribution in [1.29, 1.82) is 0 Å². The molecule has 0 spiro atoms. The highest BCUT2D eigenvalue weighted by Gasteiger charge is 2.06. The van der Waals surface area contributed by atoms with Crippen LogP contribution < -0.4 is 4.74 Å². The number of nitrogens with zero attached hydrogens (tertiary/aromatic N) is 5. The third kappa shape index (κ3) is 2.59. The zero-order valence-corrected chi connectivity index (χ0v) is 9.77. The summed E-state index contributed by atoms with van der Waals surface area (Å²) in [6.07, 6.45) is 3.26. The normalized spacial score (nSPS) is 10.4. The third-order valence-electron chi connectivity index (χ3n) is 1.70. The van der Waals surface area contributed by atoms with Gasteiger partial charge < -0.3 is 4.74 Å². The van der Waals surface area contributed by atoms with Crippen LogP contribution >= 0.6 is 23.2 Å². The van der Waals surface area contributed by atoms with Crippen molar-refractivity contribution in [2.45, 2.75) is 13.5 Å². The van der Waals surface area contributed by atoms with E-state index in [1.807, 2.05) is 6.92 Å². The van der Waals surface area contributed by atoms with Gasteiger partial charge in [0, 0.05) is 6.54 Å². The Kier molecular flexibility index (Phi) is 3.21. The van der Waals surface area contributed by atoms with Crippen LogP contribution in [0.15, 0.2) is 12.4 Å². The minimum Gasteiger partial charge on any atom is -0.421 e. The molecule has 16 heavy (non-hydrogen) atoms. The SMILES string of the molecule is CCn1cc(Oc2nc(Cl)nc(Cl)n2)cn1. The fourth-order valence-electron chi connectivity index (χ4n) is 1.03. The van der Waals surface area contributed by atoms with Crippen molar-refractivity contribution in [3.63, 3.8) is 0 Å². The van der Waals surface area contributed by atoms with Gasteiger partial charge in [-0.2, -0.15) is 20.1 Å². The van der Waals surface area contributed by atoms with Crippen molar-refractivity contribution < 1.29 is 4.74 Å². The molecule has 0 aliphatic heterocycles. The monoisotopic (exact) mass is 259 g/mol. The summed E-state index contributed by atoms with van der Waals surface area (Å²) in [7, 11) is 0. The Balaban J connectivity index is 2.19. The lowest BCUT2D eigenvalue weighted by atomic mass is 10.6. The van der Waals surface area contributed by atoms with Gasteiger partial charge in [-0.1, -0.05) is 0 Å². The molecule has 0 aromatic carbocycles. The van der Waals surface area contributed by atoms with Crippen LogP contribution in [0, 0.1) is 0 Å². The minimum atomic E-state index is -0.0158. The Morgan fingerprint density at radius 3 is 2.50 bits per heavy atom. The van der Waals surface area contributed by atoms with E-state index in [1.165, 1.54) is 0 Å². The predicted octanol–water partition coefficient (Wildman–Crippen LogP) is 2.19. The summed E-state index contributed by atoms with van der Waals surface area (Å²) in [4.78, 5) is 11.1. The van der Waals surface area contributed by atoms with Crippen LogP contribution in [0.1, 0.15) is 6.92 Å². The van der Waals surface area contributed by atoms with Crippen molar-refractivity contribution >= 4 is 23.2 Å². The number of rotatable bonds is 3. The average Bonchev–Trinajstić information content (AvgIpc) is 2.64. The lowest BCUT2D eigenvalue weighted by molar-refractivity contribution is 0.438. The highest BCUT2D eigenvalue weighted by Crippen LogP contribution is 2.18. The molecule has 0 atom stereocenters. The standard InChI is InChI=1S/C8H7Cl2N5O/c1-2-15-4-5(3-11-15)16-8-13-6(9)12-7(10)14-8/h3-4H,2H2,1H3. The molecule has 0 aliphatic rings. The van der Waals surface area contributed by atoms with Gasteiger partial charge in [0.25, 0.3) is 0 Å². The zero-order valence-electron chi connectivity index (χ0n) is 8.26. The van der Waals surface area contributed by atoms with Crippen LogP contribution in [-0.4, -0.2) is 24.7 Å². The lowest BCUT2D eigenvalue weighted by Gasteiger charge is -2.00. The van der Waals surface area contributed by atoms with Gasteiger partial charge in [0.1, 0.15) is 0 Å². The van der Waals surface area contributed by atoms with Crippen molar-refractivity contribution in [1.82, 2.24) is 24.7 Å². The van der Waals surface area contributed by atoms with E-state index in [4.69, 9.17) is 27.9 Å². The molecule has 6 nitrogen and oxygen atoms in total. The van der Waals surface area contributed by atoms with Crippen LogP contribution in [0.4, 0.5) is 0 Å². The molecule has 0 N–H and O–H groups in total. The number of hydrogen-bond donors (Lipinski definition) is 0. The fraction of sp³-hybridized carbons (Fsp3) is 0.250. The number of aryl methyl sites for hydroxylation is 1. The molecule has 8 heteroatoms. The molecule has 0 saturated heterocycles. The minimum absolute atomic E-state index is 0.0158. The summed E-state index contributed by atoms with van der Waals surface area (Å²) < 4.78 is 7.02. The Hall–Kier alpha value is -1.40. The summed E-state index contributed by atoms with van der Waals surface area (Å²) in [5.74, 6) is 0.514. The Morgan fingerprint density at radius 1 is 1.25 bits per heavy atom. The average molecular weight is 260 g/mol. The van der Waals surface area contributed by atoms with E-state index in [0.717, 1.165) is 6.54 Å². The first-order valence-corrected chi connectivity index (χ1v) is 5.20. The molecule has 2 aromatic heterocycles. The van der Waals surface area contributed by atoms with Gasteiger partial charge in [-0.05, 0) is 30.1 Å². The number of ether oxygens (including phenoxy) is 1. The molecule has 0 radical (unpaired) electrons. The van der Waals surface area contributed by atoms with Crippen LogP contribution in [0.3, 0.4) is 0 Å². The molecule has 0 amide bonds. The number of hydrogen-bond acceptors (Lipinski definition) is 5. The number of aromatic nitrogens is 5. The van der Waals surface area contributed by atoms with Crippen LogP contribution in [0.2, 0.25) is 10.6 Å². The van der Waals surface area contributed by atoms with Crippen LogP contribution in [-0.2, 0) is 6.54 Å². The van der Waals surface area contributed by atoms with Gasteiger partial charge in [0.2, 0.25) is 10.6 Å². The van der Waals surface area contributed by atoms with Gasteiger partial charge in [-0.3, -0.25) is 4.68 Å². The lowest BCUT2D eigenvalue weighted by Crippen LogP contribution is -1.95. The molecule has 2 heterocycles. The van der Waals surface area contributed by atoms with Gasteiger partial charge in [-0.15, -0.1) is 0 Å². The van der Waals surface area contributed by atoms with E-state index < -0.39 is 0 Å². The Bertz CT molecular complexity index is 481. The first-order chi connectivity index (χ1) is 7.67. The first kappa shape index (κ1) is 11.1. The van der Waals surface area contributed by atoms with Crippen molar-refractivity contribution in [2.24, 2.45) is 0 Å². The molecule has 0 fully saturated rings. The third-order valence-corrected chi connectivity index (χ3v) is 2.04. The van der Waals surface area contributed by atoms with E-state index in [2.05, 4.69) is 20.1 Å². The summed E-state index contributed by atoms with van der Waals surface area (Å²) in [5, 5.41) is 4.00. The van der Waals surface area contributed by atoms with Gasteiger partial charge in [0.05, 0.1) is 12.4 Å². The summed E-state index contributed by atoms with van der Waals surface area (Å²) in [6, 6.07) is 0.0423. The summed E-state index contributed by atoms with van der Waals surface area (Å²) in [6.45, 7) is 2.72. The fourth-order valence-corrected chi connectivity index (χ4v) is 1.38. The highest BCUT2D eigenvalue weighted by molar-refractivity contribution is 6.31. The largest absolute Gasteiger partial charge is 0.421 e. The van der Waals surface area contributed by atoms with E-state index >= 15 is 0 Å². The molecule has 0 saturated carbocycles. The second-order valence-corrected chi connectivity index (χ2v) is 3.47. The maximum Gasteiger partial charge on any atom is 0.327 e. The molecular formula is C8H7Cl2N5O. The molecule has 0 aliphatic carbocycles. The van der Waals surface area contributed by atoms with E-state index in [9.17, 15) is 0 Å². The second-order valence-electron chi connectivity index (χ2n) is 2.79. The maximum atomic E-state index is 5.60. The number of halogens is 2. The van der Waals surface area contributed by atoms with E-state index in [-0.39, 0.29) is 16.6 Å².